The van der Waals surface area contributed by atoms with Crippen LogP contribution in [0.4, 0.5) is 9.59 Å². The van der Waals surface area contributed by atoms with Gasteiger partial charge in [-0.3, -0.25) is 9.69 Å². The Morgan fingerprint density at radius 1 is 0.915 bits per heavy atom. The predicted octanol–water partition coefficient (Wildman–Crippen LogP) is 5.29. The summed E-state index contributed by atoms with van der Waals surface area (Å²) in [5.74, 6) is 0.715. The number of amides is 3. The van der Waals surface area contributed by atoms with Gasteiger partial charge in [0.1, 0.15) is 19.8 Å². The van der Waals surface area contributed by atoms with Crippen molar-refractivity contribution in [2.75, 3.05) is 26.2 Å². The van der Waals surface area contributed by atoms with Gasteiger partial charge in [0.2, 0.25) is 5.91 Å². The number of carbonyl (C=O) groups is 3. The number of likely N-dealkylation sites (tertiary alicyclic amines) is 2. The molecule has 0 spiro atoms. The molecule has 10 nitrogen and oxygen atoms in total. The minimum absolute atomic E-state index is 0.0393. The van der Waals surface area contributed by atoms with Gasteiger partial charge in [-0.25, -0.2) is 9.59 Å². The number of ether oxygens (including phenoxy) is 2. The standard InChI is InChI=1S/C36H46BN3O7/c1-35(2)27-19-29(35)36(3)30(20-27)46-37(47-36)31-15-10-17-39(31)32(41)22-40(34(43)45-24-26-13-8-5-9-14-26)28-16-18-38(21-28)33(42)44-23-25-11-6-4-7-12-25/h4-9,11-14,27-31H,10,15-24H2,1-3H3/t27?,28?,29?,30-,31?,36+/m1/s1. The van der Waals surface area contributed by atoms with Crippen molar-refractivity contribution in [3.8, 4) is 0 Å². The molecule has 11 heteroatoms. The molecular weight excluding hydrogens is 597 g/mol. The Labute approximate surface area is 277 Å². The molecule has 8 rings (SSSR count). The summed E-state index contributed by atoms with van der Waals surface area (Å²) in [5, 5.41) is 0. The van der Waals surface area contributed by atoms with Crippen LogP contribution in [0.1, 0.15) is 64.0 Å². The Balaban J connectivity index is 1.02. The highest BCUT2D eigenvalue weighted by molar-refractivity contribution is 6.48. The Morgan fingerprint density at radius 3 is 2.28 bits per heavy atom. The van der Waals surface area contributed by atoms with Gasteiger partial charge in [0.25, 0.3) is 0 Å². The minimum Gasteiger partial charge on any atom is -0.445 e. The van der Waals surface area contributed by atoms with E-state index in [9.17, 15) is 14.4 Å². The van der Waals surface area contributed by atoms with E-state index in [1.54, 1.807) is 4.90 Å². The molecule has 0 N–H and O–H groups in total. The van der Waals surface area contributed by atoms with Crippen molar-refractivity contribution < 1.29 is 33.2 Å². The first-order chi connectivity index (χ1) is 22.6. The van der Waals surface area contributed by atoms with Gasteiger partial charge in [0, 0.05) is 19.6 Å². The molecule has 2 aromatic carbocycles. The molecule has 3 aliphatic heterocycles. The SMILES string of the molecule is CC1(C)C2CC1[C@]1(C)OB(C3CCCN3C(=O)CN(C(=O)OCc3ccccc3)C3CCN(C(=O)OCc4ccccc4)C3)O[C@@H]1C2. The van der Waals surface area contributed by atoms with Crippen LogP contribution in [-0.2, 0) is 36.8 Å². The molecule has 0 radical (unpaired) electrons. The molecule has 3 saturated carbocycles. The van der Waals surface area contributed by atoms with Crippen LogP contribution in [0.15, 0.2) is 60.7 Å². The van der Waals surface area contributed by atoms with Crippen LogP contribution in [0.25, 0.3) is 0 Å². The van der Waals surface area contributed by atoms with Crippen molar-refractivity contribution in [2.45, 2.75) is 89.8 Å². The molecule has 3 aliphatic carbocycles. The summed E-state index contributed by atoms with van der Waals surface area (Å²) < 4.78 is 24.6. The maximum atomic E-state index is 14.1. The lowest BCUT2D eigenvalue weighted by atomic mass is 9.43. The second-order valence-electron chi connectivity index (χ2n) is 14.7. The van der Waals surface area contributed by atoms with Gasteiger partial charge in [0.15, 0.2) is 0 Å². The van der Waals surface area contributed by atoms with E-state index in [1.165, 1.54) is 11.3 Å². The van der Waals surface area contributed by atoms with Crippen LogP contribution in [0.3, 0.4) is 0 Å². The normalized spacial score (nSPS) is 30.4. The summed E-state index contributed by atoms with van der Waals surface area (Å²) in [4.78, 5) is 45.6. The third-order valence-corrected chi connectivity index (χ3v) is 11.7. The average molecular weight is 644 g/mol. The van der Waals surface area contributed by atoms with Gasteiger partial charge in [-0.1, -0.05) is 74.5 Å². The fourth-order valence-corrected chi connectivity index (χ4v) is 8.80. The molecule has 6 fully saturated rings. The van der Waals surface area contributed by atoms with E-state index < -0.39 is 19.3 Å². The fourth-order valence-electron chi connectivity index (χ4n) is 8.80. The molecule has 4 unspecified atom stereocenters. The van der Waals surface area contributed by atoms with Crippen molar-refractivity contribution in [2.24, 2.45) is 17.3 Å². The molecule has 3 heterocycles. The van der Waals surface area contributed by atoms with E-state index in [-0.39, 0.29) is 61.3 Å². The van der Waals surface area contributed by atoms with Crippen molar-refractivity contribution in [3.63, 3.8) is 0 Å². The van der Waals surface area contributed by atoms with E-state index in [2.05, 4.69) is 20.8 Å². The number of carbonyl (C=O) groups excluding carboxylic acids is 3. The Kier molecular flexibility index (Phi) is 8.72. The zero-order chi connectivity index (χ0) is 32.8. The van der Waals surface area contributed by atoms with Crippen LogP contribution in [0, 0.1) is 17.3 Å². The van der Waals surface area contributed by atoms with Gasteiger partial charge in [0.05, 0.1) is 23.7 Å². The summed E-state index contributed by atoms with van der Waals surface area (Å²) >= 11 is 0. The van der Waals surface area contributed by atoms with Gasteiger partial charge in [-0.05, 0) is 67.4 Å². The first-order valence-corrected chi connectivity index (χ1v) is 17.2. The van der Waals surface area contributed by atoms with Crippen LogP contribution in [-0.4, -0.2) is 89.8 Å². The minimum atomic E-state index is -0.573. The van der Waals surface area contributed by atoms with Gasteiger partial charge >= 0.3 is 19.3 Å². The van der Waals surface area contributed by atoms with E-state index in [0.717, 1.165) is 30.4 Å². The van der Waals surface area contributed by atoms with Crippen molar-refractivity contribution >= 4 is 25.2 Å². The lowest BCUT2D eigenvalue weighted by Gasteiger charge is -2.64. The quantitative estimate of drug-likeness (QED) is 0.361. The van der Waals surface area contributed by atoms with Crippen LogP contribution >= 0.6 is 0 Å². The lowest BCUT2D eigenvalue weighted by Crippen LogP contribution is -2.65. The molecule has 2 bridgehead atoms. The van der Waals surface area contributed by atoms with Gasteiger partial charge in [-0.2, -0.15) is 0 Å². The number of hydrogen-bond donors (Lipinski definition) is 0. The summed E-state index contributed by atoms with van der Waals surface area (Å²) in [6.45, 7) is 8.26. The van der Waals surface area contributed by atoms with Crippen molar-refractivity contribution in [1.29, 1.82) is 0 Å². The highest BCUT2D eigenvalue weighted by atomic mass is 16.7. The Hall–Kier alpha value is -3.57. The molecule has 6 aliphatic rings. The molecule has 3 amide bonds. The van der Waals surface area contributed by atoms with E-state index in [4.69, 9.17) is 18.8 Å². The average Bonchev–Trinajstić information content (AvgIpc) is 3.84. The van der Waals surface area contributed by atoms with E-state index in [1.807, 2.05) is 65.6 Å². The van der Waals surface area contributed by atoms with E-state index in [0.29, 0.717) is 31.3 Å². The lowest BCUT2D eigenvalue weighted by molar-refractivity contribution is -0.199. The Bertz CT molecular complexity index is 1460. The smallest absolute Gasteiger partial charge is 0.445 e. The summed E-state index contributed by atoms with van der Waals surface area (Å²) in [6.07, 6.45) is 3.35. The zero-order valence-corrected chi connectivity index (χ0v) is 27.7. The van der Waals surface area contributed by atoms with Crippen molar-refractivity contribution in [3.05, 3.63) is 71.8 Å². The fraction of sp³-hybridized carbons (Fsp3) is 0.583. The first kappa shape index (κ1) is 32.0. The molecule has 250 valence electrons. The number of benzene rings is 2. The van der Waals surface area contributed by atoms with Gasteiger partial charge < -0.3 is 28.6 Å². The number of nitrogens with zero attached hydrogens (tertiary/aromatic N) is 3. The molecule has 47 heavy (non-hydrogen) atoms. The topological polar surface area (TPSA) is 97.9 Å². The molecular formula is C36H46BN3O7. The highest BCUT2D eigenvalue weighted by Gasteiger charge is 2.69. The highest BCUT2D eigenvalue weighted by Crippen LogP contribution is 2.66. The van der Waals surface area contributed by atoms with Crippen molar-refractivity contribution in [1.82, 2.24) is 14.7 Å². The van der Waals surface area contributed by atoms with Crippen LogP contribution in [0.5, 0.6) is 0 Å². The summed E-state index contributed by atoms with van der Waals surface area (Å²) in [6, 6.07) is 18.6. The monoisotopic (exact) mass is 643 g/mol. The number of rotatable bonds is 8. The zero-order valence-electron chi connectivity index (χ0n) is 27.7. The maximum Gasteiger partial charge on any atom is 0.481 e. The van der Waals surface area contributed by atoms with E-state index >= 15 is 0 Å². The third-order valence-electron chi connectivity index (χ3n) is 11.7. The Morgan fingerprint density at radius 2 is 1.60 bits per heavy atom. The maximum absolute atomic E-state index is 14.1. The third kappa shape index (κ3) is 6.12. The number of hydrogen-bond acceptors (Lipinski definition) is 7. The summed E-state index contributed by atoms with van der Waals surface area (Å²) in [5.41, 5.74) is 1.64. The van der Waals surface area contributed by atoms with Crippen LogP contribution in [0.2, 0.25) is 0 Å². The molecule has 6 atom stereocenters. The first-order valence-electron chi connectivity index (χ1n) is 17.2. The summed E-state index contributed by atoms with van der Waals surface area (Å²) in [7, 11) is -0.480. The molecule has 3 saturated heterocycles. The second-order valence-corrected chi connectivity index (χ2v) is 14.7. The predicted molar refractivity (Wildman–Crippen MR) is 175 cm³/mol. The molecule has 0 aromatic heterocycles. The largest absolute Gasteiger partial charge is 0.481 e. The van der Waals surface area contributed by atoms with Gasteiger partial charge in [-0.15, -0.1) is 0 Å². The second kappa shape index (κ2) is 12.8. The van der Waals surface area contributed by atoms with Crippen LogP contribution < -0.4 is 0 Å². The molecule has 2 aromatic rings.